The van der Waals surface area contributed by atoms with E-state index < -0.39 is 0 Å². The molecule has 0 unspecified atom stereocenters. The van der Waals surface area contributed by atoms with E-state index in [0.717, 1.165) is 22.4 Å². The summed E-state index contributed by atoms with van der Waals surface area (Å²) < 4.78 is 5.76. The molecule has 0 fully saturated rings. The van der Waals surface area contributed by atoms with Gasteiger partial charge in [-0.2, -0.15) is 0 Å². The van der Waals surface area contributed by atoms with Gasteiger partial charge in [0, 0.05) is 16.8 Å². The summed E-state index contributed by atoms with van der Waals surface area (Å²) in [7, 11) is 0. The first-order chi connectivity index (χ1) is 16.2. The lowest BCUT2D eigenvalue weighted by molar-refractivity contribution is 0.102. The SMILES string of the molecule is O=C(Nc1ccc(COCc2ccccc2)cc1)c1ccc(-c2cnc3nn[nH]c3n2)cc1. The zero-order chi connectivity index (χ0) is 22.5. The van der Waals surface area contributed by atoms with E-state index in [1.807, 2.05) is 66.7 Å². The van der Waals surface area contributed by atoms with Crippen LogP contribution in [-0.2, 0) is 18.0 Å². The maximum Gasteiger partial charge on any atom is 0.255 e. The molecule has 2 aromatic heterocycles. The monoisotopic (exact) mass is 436 g/mol. The molecule has 0 bridgehead atoms. The zero-order valence-electron chi connectivity index (χ0n) is 17.6. The van der Waals surface area contributed by atoms with Gasteiger partial charge in [-0.1, -0.05) is 59.8 Å². The molecule has 0 aliphatic carbocycles. The topological polar surface area (TPSA) is 106 Å². The summed E-state index contributed by atoms with van der Waals surface area (Å²) in [5, 5.41) is 13.1. The number of nitrogens with one attached hydrogen (secondary N) is 2. The van der Waals surface area contributed by atoms with Crippen molar-refractivity contribution in [2.45, 2.75) is 13.2 Å². The van der Waals surface area contributed by atoms with Gasteiger partial charge in [0.2, 0.25) is 5.65 Å². The Bertz CT molecular complexity index is 1370. The standard InChI is InChI=1S/C25H20N6O2/c32-25(20-10-8-19(9-11-20)22-14-26-23-24(28-22)30-31-29-23)27-21-12-6-18(7-13-21)16-33-15-17-4-2-1-3-5-17/h1-14H,15-16H2,(H,27,32)(H,26,28,29,30,31). The maximum atomic E-state index is 12.6. The molecule has 0 saturated heterocycles. The van der Waals surface area contributed by atoms with Gasteiger partial charge in [0.25, 0.3) is 5.91 Å². The summed E-state index contributed by atoms with van der Waals surface area (Å²) in [6, 6.07) is 24.9. The van der Waals surface area contributed by atoms with Gasteiger partial charge in [0.05, 0.1) is 25.1 Å². The zero-order valence-corrected chi connectivity index (χ0v) is 17.6. The van der Waals surface area contributed by atoms with Crippen LogP contribution in [-0.4, -0.2) is 31.3 Å². The van der Waals surface area contributed by atoms with E-state index in [9.17, 15) is 4.79 Å². The Labute approximate surface area is 189 Å². The molecule has 0 spiro atoms. The molecule has 8 nitrogen and oxygen atoms in total. The second-order valence-electron chi connectivity index (χ2n) is 7.45. The fraction of sp³-hybridized carbons (Fsp3) is 0.0800. The Morgan fingerprint density at radius 1 is 0.879 bits per heavy atom. The lowest BCUT2D eigenvalue weighted by Crippen LogP contribution is -2.11. The fourth-order valence-corrected chi connectivity index (χ4v) is 3.33. The number of hydrogen-bond acceptors (Lipinski definition) is 6. The number of H-pyrrole nitrogens is 1. The Hall–Kier alpha value is -4.43. The summed E-state index contributed by atoms with van der Waals surface area (Å²) >= 11 is 0. The molecule has 33 heavy (non-hydrogen) atoms. The van der Waals surface area contributed by atoms with Crippen LogP contribution < -0.4 is 5.32 Å². The van der Waals surface area contributed by atoms with E-state index in [1.54, 1.807) is 18.3 Å². The first-order valence-corrected chi connectivity index (χ1v) is 10.4. The van der Waals surface area contributed by atoms with Crippen LogP contribution in [0, 0.1) is 0 Å². The predicted octanol–water partition coefficient (Wildman–Crippen LogP) is 4.38. The fourth-order valence-electron chi connectivity index (χ4n) is 3.33. The van der Waals surface area contributed by atoms with Crippen LogP contribution in [0.4, 0.5) is 5.69 Å². The third-order valence-electron chi connectivity index (χ3n) is 5.09. The van der Waals surface area contributed by atoms with Crippen molar-refractivity contribution in [3.05, 3.63) is 102 Å². The van der Waals surface area contributed by atoms with Gasteiger partial charge in [0.15, 0.2) is 5.65 Å². The van der Waals surface area contributed by atoms with Crippen LogP contribution in [0.1, 0.15) is 21.5 Å². The summed E-state index contributed by atoms with van der Waals surface area (Å²) in [6.07, 6.45) is 1.63. The Kier molecular flexibility index (Phi) is 5.81. The molecular formula is C25H20N6O2. The number of aromatic amines is 1. The first-order valence-electron chi connectivity index (χ1n) is 10.4. The van der Waals surface area contributed by atoms with E-state index >= 15 is 0 Å². The van der Waals surface area contributed by atoms with Gasteiger partial charge >= 0.3 is 0 Å². The number of ether oxygens (including phenoxy) is 1. The van der Waals surface area contributed by atoms with Crippen molar-refractivity contribution in [2.24, 2.45) is 0 Å². The van der Waals surface area contributed by atoms with Gasteiger partial charge < -0.3 is 10.1 Å². The lowest BCUT2D eigenvalue weighted by Gasteiger charge is -2.08. The Morgan fingerprint density at radius 2 is 1.61 bits per heavy atom. The number of aromatic nitrogens is 5. The molecular weight excluding hydrogens is 416 g/mol. The summed E-state index contributed by atoms with van der Waals surface area (Å²) in [4.78, 5) is 21.3. The molecule has 0 saturated carbocycles. The molecule has 1 amide bonds. The summed E-state index contributed by atoms with van der Waals surface area (Å²) in [6.45, 7) is 1.07. The smallest absolute Gasteiger partial charge is 0.255 e. The van der Waals surface area contributed by atoms with E-state index in [2.05, 4.69) is 30.7 Å². The number of nitrogens with zero attached hydrogens (tertiary/aromatic N) is 4. The largest absolute Gasteiger partial charge is 0.372 e. The molecule has 0 radical (unpaired) electrons. The van der Waals surface area contributed by atoms with Crippen molar-refractivity contribution < 1.29 is 9.53 Å². The van der Waals surface area contributed by atoms with E-state index in [-0.39, 0.29) is 5.91 Å². The number of rotatable bonds is 7. The lowest BCUT2D eigenvalue weighted by atomic mass is 10.1. The molecule has 0 aliphatic rings. The highest BCUT2D eigenvalue weighted by Crippen LogP contribution is 2.19. The average Bonchev–Trinajstić information content (AvgIpc) is 3.34. The van der Waals surface area contributed by atoms with Crippen LogP contribution in [0.25, 0.3) is 22.6 Å². The highest BCUT2D eigenvalue weighted by molar-refractivity contribution is 6.04. The van der Waals surface area contributed by atoms with E-state index in [1.165, 1.54) is 0 Å². The Balaban J connectivity index is 1.17. The predicted molar refractivity (Wildman–Crippen MR) is 124 cm³/mol. The molecule has 2 N–H and O–H groups in total. The third kappa shape index (κ3) is 4.91. The number of amides is 1. The number of carbonyl (C=O) groups is 1. The quantitative estimate of drug-likeness (QED) is 0.392. The van der Waals surface area contributed by atoms with Crippen molar-refractivity contribution in [3.8, 4) is 11.3 Å². The third-order valence-corrected chi connectivity index (χ3v) is 5.09. The van der Waals surface area contributed by atoms with Crippen LogP contribution in [0.15, 0.2) is 85.1 Å². The molecule has 2 heterocycles. The van der Waals surface area contributed by atoms with E-state index in [0.29, 0.717) is 35.8 Å². The number of benzene rings is 3. The van der Waals surface area contributed by atoms with E-state index in [4.69, 9.17) is 4.74 Å². The number of carbonyl (C=O) groups excluding carboxylic acids is 1. The van der Waals surface area contributed by atoms with Crippen molar-refractivity contribution in [1.82, 2.24) is 25.4 Å². The molecule has 5 aromatic rings. The van der Waals surface area contributed by atoms with Crippen LogP contribution >= 0.6 is 0 Å². The van der Waals surface area contributed by atoms with Gasteiger partial charge in [-0.15, -0.1) is 5.10 Å². The molecule has 3 aromatic carbocycles. The second-order valence-corrected chi connectivity index (χ2v) is 7.45. The number of hydrogen-bond donors (Lipinski definition) is 2. The minimum atomic E-state index is -0.186. The molecule has 0 atom stereocenters. The van der Waals surface area contributed by atoms with Crippen LogP contribution in [0.3, 0.4) is 0 Å². The first kappa shape index (κ1) is 20.5. The maximum absolute atomic E-state index is 12.6. The van der Waals surface area contributed by atoms with Crippen molar-refractivity contribution in [1.29, 1.82) is 0 Å². The highest BCUT2D eigenvalue weighted by Gasteiger charge is 2.09. The van der Waals surface area contributed by atoms with Gasteiger partial charge in [-0.05, 0) is 35.4 Å². The minimum Gasteiger partial charge on any atom is -0.372 e. The normalized spacial score (nSPS) is 10.9. The summed E-state index contributed by atoms with van der Waals surface area (Å²) in [5.74, 6) is -0.186. The number of fused-ring (bicyclic) bond motifs is 1. The summed E-state index contributed by atoms with van der Waals surface area (Å²) in [5.41, 5.74) is 5.94. The molecule has 162 valence electrons. The van der Waals surface area contributed by atoms with Gasteiger partial charge in [-0.25, -0.2) is 15.1 Å². The van der Waals surface area contributed by atoms with Crippen molar-refractivity contribution in [2.75, 3.05) is 5.32 Å². The van der Waals surface area contributed by atoms with Crippen LogP contribution in [0.2, 0.25) is 0 Å². The Morgan fingerprint density at radius 3 is 2.36 bits per heavy atom. The average molecular weight is 436 g/mol. The molecule has 0 aliphatic heterocycles. The number of anilines is 1. The second kappa shape index (κ2) is 9.37. The minimum absolute atomic E-state index is 0.186. The van der Waals surface area contributed by atoms with Crippen LogP contribution in [0.5, 0.6) is 0 Å². The van der Waals surface area contributed by atoms with Gasteiger partial charge in [-0.3, -0.25) is 4.79 Å². The molecule has 8 heteroatoms. The highest BCUT2D eigenvalue weighted by atomic mass is 16.5. The van der Waals surface area contributed by atoms with Crippen molar-refractivity contribution >= 4 is 22.9 Å². The van der Waals surface area contributed by atoms with Crippen molar-refractivity contribution in [3.63, 3.8) is 0 Å². The van der Waals surface area contributed by atoms with Gasteiger partial charge in [0.1, 0.15) is 0 Å². The molecule has 5 rings (SSSR count).